The van der Waals surface area contributed by atoms with Crippen molar-refractivity contribution in [3.63, 3.8) is 0 Å². The lowest BCUT2D eigenvalue weighted by molar-refractivity contribution is -0.0601. The number of hydrogen-bond acceptors (Lipinski definition) is 3. The summed E-state index contributed by atoms with van der Waals surface area (Å²) in [5, 5.41) is 0. The molecule has 2 N–H and O–H groups in total. The van der Waals surface area contributed by atoms with Crippen molar-refractivity contribution in [2.24, 2.45) is 4.99 Å². The average Bonchev–Trinajstić information content (AvgIpc) is 2.48. The van der Waals surface area contributed by atoms with E-state index in [0.717, 1.165) is 0 Å². The van der Waals surface area contributed by atoms with Crippen LogP contribution in [0.3, 0.4) is 0 Å². The van der Waals surface area contributed by atoms with E-state index in [9.17, 15) is 18.0 Å². The molecule has 0 fully saturated rings. The Morgan fingerprint density at radius 3 is 2.18 bits per heavy atom. The highest BCUT2D eigenvalue weighted by Crippen LogP contribution is 2.27. The SMILES string of the molecule is Nc1ccccc1N=C(CC(=O)c1ccccc1)C(F)(F)F. The molecule has 0 unspecified atom stereocenters. The lowest BCUT2D eigenvalue weighted by atomic mass is 10.1. The van der Waals surface area contributed by atoms with Crippen LogP contribution in [0.2, 0.25) is 0 Å². The Labute approximate surface area is 125 Å². The first-order valence-electron chi connectivity index (χ1n) is 6.45. The van der Waals surface area contributed by atoms with Crippen molar-refractivity contribution in [2.45, 2.75) is 12.6 Å². The van der Waals surface area contributed by atoms with E-state index in [1.165, 1.54) is 30.3 Å². The van der Waals surface area contributed by atoms with Crippen molar-refractivity contribution in [1.29, 1.82) is 0 Å². The normalized spacial score (nSPS) is 12.2. The fourth-order valence-electron chi connectivity index (χ4n) is 1.82. The first kappa shape index (κ1) is 15.8. The van der Waals surface area contributed by atoms with Crippen molar-refractivity contribution in [1.82, 2.24) is 0 Å². The van der Waals surface area contributed by atoms with Crippen LogP contribution < -0.4 is 5.73 Å². The monoisotopic (exact) mass is 306 g/mol. The van der Waals surface area contributed by atoms with E-state index >= 15 is 0 Å². The van der Waals surface area contributed by atoms with Gasteiger partial charge >= 0.3 is 6.18 Å². The van der Waals surface area contributed by atoms with E-state index in [0.29, 0.717) is 0 Å². The summed E-state index contributed by atoms with van der Waals surface area (Å²) in [7, 11) is 0. The number of carbonyl (C=O) groups excluding carboxylic acids is 1. The number of para-hydroxylation sites is 2. The van der Waals surface area contributed by atoms with Crippen LogP contribution in [-0.2, 0) is 0 Å². The Kier molecular flexibility index (Phi) is 4.60. The summed E-state index contributed by atoms with van der Waals surface area (Å²) in [6.07, 6.45) is -5.53. The van der Waals surface area contributed by atoms with Crippen LogP contribution in [0.1, 0.15) is 16.8 Å². The van der Waals surface area contributed by atoms with Crippen LogP contribution in [0.4, 0.5) is 24.5 Å². The molecule has 2 rings (SSSR count). The minimum atomic E-state index is -4.70. The molecule has 0 atom stereocenters. The highest BCUT2D eigenvalue weighted by atomic mass is 19.4. The van der Waals surface area contributed by atoms with Crippen LogP contribution >= 0.6 is 0 Å². The second-order valence-corrected chi connectivity index (χ2v) is 4.58. The van der Waals surface area contributed by atoms with Crippen LogP contribution in [-0.4, -0.2) is 17.7 Å². The number of alkyl halides is 3. The van der Waals surface area contributed by atoms with Crippen molar-refractivity contribution >= 4 is 22.9 Å². The van der Waals surface area contributed by atoms with Gasteiger partial charge in [0.1, 0.15) is 5.71 Å². The molecule has 0 aliphatic rings. The fraction of sp³-hybridized carbons (Fsp3) is 0.125. The molecule has 0 bridgehead atoms. The minimum Gasteiger partial charge on any atom is -0.397 e. The maximum absolute atomic E-state index is 13.1. The molecule has 0 radical (unpaired) electrons. The molecule has 6 heteroatoms. The third kappa shape index (κ3) is 3.94. The Morgan fingerprint density at radius 1 is 1.00 bits per heavy atom. The quantitative estimate of drug-likeness (QED) is 0.523. The first-order chi connectivity index (χ1) is 10.4. The maximum atomic E-state index is 13.1. The van der Waals surface area contributed by atoms with Crippen LogP contribution in [0, 0.1) is 0 Å². The lowest BCUT2D eigenvalue weighted by Crippen LogP contribution is -2.25. The van der Waals surface area contributed by atoms with Crippen molar-refractivity contribution < 1.29 is 18.0 Å². The third-order valence-corrected chi connectivity index (χ3v) is 2.94. The highest BCUT2D eigenvalue weighted by Gasteiger charge is 2.37. The zero-order chi connectivity index (χ0) is 16.2. The average molecular weight is 306 g/mol. The van der Waals surface area contributed by atoms with E-state index in [1.54, 1.807) is 24.3 Å². The predicted octanol–water partition coefficient (Wildman–Crippen LogP) is 4.18. The molecule has 22 heavy (non-hydrogen) atoms. The van der Waals surface area contributed by atoms with E-state index in [-0.39, 0.29) is 16.9 Å². The summed E-state index contributed by atoms with van der Waals surface area (Å²) < 4.78 is 39.3. The molecule has 0 saturated carbocycles. The molecule has 2 aromatic carbocycles. The van der Waals surface area contributed by atoms with Crippen LogP contribution in [0.5, 0.6) is 0 Å². The second-order valence-electron chi connectivity index (χ2n) is 4.58. The number of aliphatic imine (C=N–C) groups is 1. The summed E-state index contributed by atoms with van der Waals surface area (Å²) in [4.78, 5) is 15.5. The van der Waals surface area contributed by atoms with Crippen molar-refractivity contribution in [2.75, 3.05) is 5.73 Å². The van der Waals surface area contributed by atoms with Crippen LogP contribution in [0.15, 0.2) is 59.6 Å². The second kappa shape index (κ2) is 6.43. The number of carbonyl (C=O) groups is 1. The van der Waals surface area contributed by atoms with Gasteiger partial charge in [0.25, 0.3) is 0 Å². The molecule has 0 spiro atoms. The van der Waals surface area contributed by atoms with Gasteiger partial charge < -0.3 is 5.73 Å². The number of rotatable bonds is 4. The molecule has 0 saturated heterocycles. The number of nitrogens with two attached hydrogens (primary N) is 1. The number of nitrogens with zero attached hydrogens (tertiary/aromatic N) is 1. The van der Waals surface area contributed by atoms with Gasteiger partial charge in [-0.05, 0) is 12.1 Å². The predicted molar refractivity (Wildman–Crippen MR) is 79.4 cm³/mol. The molecule has 114 valence electrons. The number of ketones is 1. The number of Topliss-reactive ketones (excluding diaryl/α,β-unsaturated/α-hetero) is 1. The summed E-state index contributed by atoms with van der Waals surface area (Å²) in [6.45, 7) is 0. The zero-order valence-corrected chi connectivity index (χ0v) is 11.5. The van der Waals surface area contributed by atoms with E-state index in [2.05, 4.69) is 4.99 Å². The summed E-state index contributed by atoms with van der Waals surface area (Å²) >= 11 is 0. The van der Waals surface area contributed by atoms with E-state index in [1.807, 2.05) is 0 Å². The largest absolute Gasteiger partial charge is 0.429 e. The Hall–Kier alpha value is -2.63. The van der Waals surface area contributed by atoms with E-state index < -0.39 is 24.1 Å². The number of halogens is 3. The molecule has 0 aliphatic heterocycles. The van der Waals surface area contributed by atoms with Gasteiger partial charge in [0.15, 0.2) is 5.78 Å². The summed E-state index contributed by atoms with van der Waals surface area (Å²) in [5.41, 5.74) is 4.75. The van der Waals surface area contributed by atoms with Gasteiger partial charge in [-0.1, -0.05) is 42.5 Å². The molecule has 0 heterocycles. The molecule has 3 nitrogen and oxygen atoms in total. The number of nitrogen functional groups attached to an aromatic ring is 1. The van der Waals surface area contributed by atoms with Gasteiger partial charge in [-0.3, -0.25) is 4.79 Å². The molecule has 0 aromatic heterocycles. The lowest BCUT2D eigenvalue weighted by Gasteiger charge is -2.11. The Bertz CT molecular complexity index is 694. The Balaban J connectivity index is 2.32. The smallest absolute Gasteiger partial charge is 0.397 e. The standard InChI is InChI=1S/C16H13F3N2O/c17-16(18,19)15(21-13-9-5-4-8-12(13)20)10-14(22)11-6-2-1-3-7-11/h1-9H,10,20H2. The van der Waals surface area contributed by atoms with Gasteiger partial charge in [0, 0.05) is 5.56 Å². The zero-order valence-electron chi connectivity index (χ0n) is 11.5. The summed E-state index contributed by atoms with van der Waals surface area (Å²) in [6, 6.07) is 13.7. The van der Waals surface area contributed by atoms with E-state index in [4.69, 9.17) is 5.73 Å². The molecular weight excluding hydrogens is 293 g/mol. The highest BCUT2D eigenvalue weighted by molar-refractivity contribution is 6.12. The number of hydrogen-bond donors (Lipinski definition) is 1. The molecule has 0 aliphatic carbocycles. The van der Waals surface area contributed by atoms with Crippen LogP contribution in [0.25, 0.3) is 0 Å². The van der Waals surface area contributed by atoms with Gasteiger partial charge in [0.2, 0.25) is 0 Å². The van der Waals surface area contributed by atoms with Gasteiger partial charge in [-0.15, -0.1) is 0 Å². The number of benzene rings is 2. The molecule has 0 amide bonds. The topological polar surface area (TPSA) is 55.4 Å². The van der Waals surface area contributed by atoms with Gasteiger partial charge in [-0.25, -0.2) is 4.99 Å². The van der Waals surface area contributed by atoms with Crippen molar-refractivity contribution in [3.05, 3.63) is 60.2 Å². The fourth-order valence-corrected chi connectivity index (χ4v) is 1.82. The minimum absolute atomic E-state index is 0.00399. The number of anilines is 1. The van der Waals surface area contributed by atoms with Gasteiger partial charge in [-0.2, -0.15) is 13.2 Å². The molecular formula is C16H13F3N2O. The van der Waals surface area contributed by atoms with Gasteiger partial charge in [0.05, 0.1) is 17.8 Å². The maximum Gasteiger partial charge on any atom is 0.429 e. The third-order valence-electron chi connectivity index (χ3n) is 2.94. The molecule has 2 aromatic rings. The summed E-state index contributed by atoms with van der Waals surface area (Å²) in [5.74, 6) is -0.647. The first-order valence-corrected chi connectivity index (χ1v) is 6.45. The van der Waals surface area contributed by atoms with Crippen molar-refractivity contribution in [3.8, 4) is 0 Å². The Morgan fingerprint density at radius 2 is 1.59 bits per heavy atom.